The van der Waals surface area contributed by atoms with E-state index in [0.717, 1.165) is 37.8 Å². The zero-order valence-electron chi connectivity index (χ0n) is 12.4. The number of benzene rings is 1. The maximum atomic E-state index is 12.6. The Morgan fingerprint density at radius 3 is 2.50 bits per heavy atom. The lowest BCUT2D eigenvalue weighted by molar-refractivity contribution is -0.131. The first-order valence-electron chi connectivity index (χ1n) is 7.60. The van der Waals surface area contributed by atoms with Crippen molar-refractivity contribution in [1.29, 1.82) is 0 Å². The van der Waals surface area contributed by atoms with Gasteiger partial charge in [-0.3, -0.25) is 9.59 Å². The van der Waals surface area contributed by atoms with E-state index in [4.69, 9.17) is 0 Å². The highest BCUT2D eigenvalue weighted by molar-refractivity contribution is 6.02. The van der Waals surface area contributed by atoms with Gasteiger partial charge in [0.15, 0.2) is 5.78 Å². The minimum atomic E-state index is -0.250. The quantitative estimate of drug-likeness (QED) is 0.772. The van der Waals surface area contributed by atoms with Gasteiger partial charge in [0.05, 0.1) is 6.04 Å². The molecule has 1 aromatic carbocycles. The van der Waals surface area contributed by atoms with Crippen molar-refractivity contribution in [3.63, 3.8) is 0 Å². The summed E-state index contributed by atoms with van der Waals surface area (Å²) in [5.41, 5.74) is 1.99. The predicted octanol–water partition coefficient (Wildman–Crippen LogP) is 3.22. The summed E-state index contributed by atoms with van der Waals surface area (Å²) in [4.78, 5) is 26.2. The SMILES string of the molecule is CCCc1ccc(C(=O)C2CCCN2C(=O)CC)cc1. The molecular weight excluding hydrogens is 250 g/mol. The van der Waals surface area contributed by atoms with Crippen LogP contribution in [0.1, 0.15) is 55.5 Å². The van der Waals surface area contributed by atoms with Crippen molar-refractivity contribution in [3.8, 4) is 0 Å². The molecule has 20 heavy (non-hydrogen) atoms. The summed E-state index contributed by atoms with van der Waals surface area (Å²) in [5, 5.41) is 0. The minimum absolute atomic E-state index is 0.0865. The fourth-order valence-corrected chi connectivity index (χ4v) is 2.86. The summed E-state index contributed by atoms with van der Waals surface area (Å²) in [6.07, 6.45) is 4.34. The number of aryl methyl sites for hydroxylation is 1. The first kappa shape index (κ1) is 14.8. The molecule has 0 radical (unpaired) electrons. The average Bonchev–Trinajstić information content (AvgIpc) is 2.96. The summed E-state index contributed by atoms with van der Waals surface area (Å²) in [7, 11) is 0. The second-order valence-corrected chi connectivity index (χ2v) is 5.41. The summed E-state index contributed by atoms with van der Waals surface area (Å²) < 4.78 is 0. The van der Waals surface area contributed by atoms with Crippen LogP contribution in [-0.2, 0) is 11.2 Å². The molecule has 0 aliphatic carbocycles. The molecule has 1 aliphatic heterocycles. The van der Waals surface area contributed by atoms with Gasteiger partial charge < -0.3 is 4.90 Å². The monoisotopic (exact) mass is 273 g/mol. The van der Waals surface area contributed by atoms with Crippen LogP contribution in [0.2, 0.25) is 0 Å². The lowest BCUT2D eigenvalue weighted by Crippen LogP contribution is -2.40. The Morgan fingerprint density at radius 2 is 1.90 bits per heavy atom. The van der Waals surface area contributed by atoms with Crippen LogP contribution >= 0.6 is 0 Å². The van der Waals surface area contributed by atoms with Gasteiger partial charge >= 0.3 is 0 Å². The summed E-state index contributed by atoms with van der Waals surface area (Å²) in [6.45, 7) is 4.71. The van der Waals surface area contributed by atoms with E-state index in [1.807, 2.05) is 31.2 Å². The number of hydrogen-bond acceptors (Lipinski definition) is 2. The highest BCUT2D eigenvalue weighted by Crippen LogP contribution is 2.22. The van der Waals surface area contributed by atoms with Crippen LogP contribution in [0.25, 0.3) is 0 Å². The Hall–Kier alpha value is -1.64. The van der Waals surface area contributed by atoms with E-state index in [1.54, 1.807) is 4.90 Å². The van der Waals surface area contributed by atoms with Gasteiger partial charge in [-0.15, -0.1) is 0 Å². The van der Waals surface area contributed by atoms with Crippen LogP contribution in [-0.4, -0.2) is 29.2 Å². The Balaban J connectivity index is 2.11. The molecule has 0 N–H and O–H groups in total. The first-order chi connectivity index (χ1) is 9.67. The van der Waals surface area contributed by atoms with E-state index in [9.17, 15) is 9.59 Å². The van der Waals surface area contributed by atoms with Crippen molar-refractivity contribution in [1.82, 2.24) is 4.90 Å². The molecule has 1 fully saturated rings. The number of carbonyl (C=O) groups is 2. The average molecular weight is 273 g/mol. The van der Waals surface area contributed by atoms with Crippen LogP contribution in [0, 0.1) is 0 Å². The second-order valence-electron chi connectivity index (χ2n) is 5.41. The number of carbonyl (C=O) groups excluding carboxylic acids is 2. The van der Waals surface area contributed by atoms with Gasteiger partial charge in [-0.1, -0.05) is 44.5 Å². The molecule has 1 unspecified atom stereocenters. The minimum Gasteiger partial charge on any atom is -0.332 e. The molecule has 3 nitrogen and oxygen atoms in total. The second kappa shape index (κ2) is 6.69. The Labute approximate surface area is 121 Å². The number of likely N-dealkylation sites (tertiary alicyclic amines) is 1. The van der Waals surface area contributed by atoms with Crippen molar-refractivity contribution in [2.45, 2.75) is 52.0 Å². The summed E-state index contributed by atoms with van der Waals surface area (Å²) >= 11 is 0. The summed E-state index contributed by atoms with van der Waals surface area (Å²) in [6, 6.07) is 7.61. The Morgan fingerprint density at radius 1 is 1.20 bits per heavy atom. The third-order valence-corrected chi connectivity index (χ3v) is 3.96. The molecule has 1 heterocycles. The van der Waals surface area contributed by atoms with E-state index in [1.165, 1.54) is 5.56 Å². The molecule has 1 atom stereocenters. The van der Waals surface area contributed by atoms with Crippen LogP contribution < -0.4 is 0 Å². The van der Waals surface area contributed by atoms with Crippen molar-refractivity contribution in [2.75, 3.05) is 6.54 Å². The van der Waals surface area contributed by atoms with Gasteiger partial charge in [-0.2, -0.15) is 0 Å². The van der Waals surface area contributed by atoms with Gasteiger partial charge in [-0.05, 0) is 24.8 Å². The van der Waals surface area contributed by atoms with Crippen molar-refractivity contribution >= 4 is 11.7 Å². The Kier molecular flexibility index (Phi) is 4.94. The van der Waals surface area contributed by atoms with Crippen molar-refractivity contribution < 1.29 is 9.59 Å². The standard InChI is InChI=1S/C17H23NO2/c1-3-6-13-8-10-14(11-9-13)17(20)15-7-5-12-18(15)16(19)4-2/h8-11,15H,3-7,12H2,1-2H3. The van der Waals surface area contributed by atoms with E-state index in [-0.39, 0.29) is 17.7 Å². The maximum absolute atomic E-state index is 12.6. The van der Waals surface area contributed by atoms with Gasteiger partial charge in [0.1, 0.15) is 0 Å². The third kappa shape index (κ3) is 3.09. The molecule has 0 spiro atoms. The molecule has 1 aliphatic rings. The van der Waals surface area contributed by atoms with Crippen LogP contribution in [0.3, 0.4) is 0 Å². The van der Waals surface area contributed by atoms with E-state index in [0.29, 0.717) is 6.42 Å². The molecule has 2 rings (SSSR count). The van der Waals surface area contributed by atoms with Crippen molar-refractivity contribution in [2.24, 2.45) is 0 Å². The Bertz CT molecular complexity index is 478. The largest absolute Gasteiger partial charge is 0.332 e. The normalized spacial score (nSPS) is 18.3. The highest BCUT2D eigenvalue weighted by Gasteiger charge is 2.33. The third-order valence-electron chi connectivity index (χ3n) is 3.96. The van der Waals surface area contributed by atoms with Gasteiger partial charge in [0.25, 0.3) is 0 Å². The smallest absolute Gasteiger partial charge is 0.222 e. The van der Waals surface area contributed by atoms with Gasteiger partial charge in [0, 0.05) is 18.5 Å². The van der Waals surface area contributed by atoms with E-state index < -0.39 is 0 Å². The fourth-order valence-electron chi connectivity index (χ4n) is 2.86. The zero-order chi connectivity index (χ0) is 14.5. The van der Waals surface area contributed by atoms with Gasteiger partial charge in [-0.25, -0.2) is 0 Å². The fraction of sp³-hybridized carbons (Fsp3) is 0.529. The molecule has 0 saturated carbocycles. The number of hydrogen-bond donors (Lipinski definition) is 0. The molecule has 1 aromatic rings. The molecular formula is C17H23NO2. The predicted molar refractivity (Wildman–Crippen MR) is 79.8 cm³/mol. The molecule has 1 saturated heterocycles. The van der Waals surface area contributed by atoms with Crippen LogP contribution in [0.5, 0.6) is 0 Å². The lowest BCUT2D eigenvalue weighted by Gasteiger charge is -2.23. The highest BCUT2D eigenvalue weighted by atomic mass is 16.2. The number of amides is 1. The van der Waals surface area contributed by atoms with Crippen LogP contribution in [0.4, 0.5) is 0 Å². The molecule has 1 amide bonds. The maximum Gasteiger partial charge on any atom is 0.222 e. The topological polar surface area (TPSA) is 37.4 Å². The number of rotatable bonds is 5. The number of ketones is 1. The van der Waals surface area contributed by atoms with Crippen LogP contribution in [0.15, 0.2) is 24.3 Å². The first-order valence-corrected chi connectivity index (χ1v) is 7.60. The van der Waals surface area contributed by atoms with E-state index >= 15 is 0 Å². The molecule has 3 heteroatoms. The zero-order valence-corrected chi connectivity index (χ0v) is 12.4. The lowest BCUT2D eigenvalue weighted by atomic mass is 9.99. The van der Waals surface area contributed by atoms with Gasteiger partial charge in [0.2, 0.25) is 5.91 Å². The number of Topliss-reactive ketones (excluding diaryl/α,β-unsaturated/α-hetero) is 1. The summed E-state index contributed by atoms with van der Waals surface area (Å²) in [5.74, 6) is 0.177. The molecule has 0 aromatic heterocycles. The van der Waals surface area contributed by atoms with Crippen molar-refractivity contribution in [3.05, 3.63) is 35.4 Å². The molecule has 0 bridgehead atoms. The van der Waals surface area contributed by atoms with E-state index in [2.05, 4.69) is 6.92 Å². The number of nitrogens with zero attached hydrogens (tertiary/aromatic N) is 1. The molecule has 108 valence electrons.